The molecule has 0 saturated carbocycles. The normalized spacial score (nSPS) is 11.8. The van der Waals surface area contributed by atoms with Crippen molar-refractivity contribution in [2.75, 3.05) is 0 Å². The third-order valence-corrected chi connectivity index (χ3v) is 3.07. The molecular formula is C14H19N3. The number of aromatic nitrogens is 2. The number of rotatable bonds is 2. The predicted octanol–water partition coefficient (Wildman–Crippen LogP) is 2.68. The van der Waals surface area contributed by atoms with Crippen LogP contribution in [0.3, 0.4) is 0 Å². The molecule has 0 saturated heterocycles. The van der Waals surface area contributed by atoms with E-state index >= 15 is 0 Å². The van der Waals surface area contributed by atoms with Crippen molar-refractivity contribution >= 4 is 0 Å². The molecule has 0 spiro atoms. The van der Waals surface area contributed by atoms with E-state index in [4.69, 9.17) is 5.73 Å². The molecule has 0 aliphatic heterocycles. The Morgan fingerprint density at radius 1 is 1.18 bits per heavy atom. The monoisotopic (exact) mass is 229 g/mol. The molecule has 1 aromatic carbocycles. The van der Waals surface area contributed by atoms with Crippen LogP contribution < -0.4 is 5.73 Å². The van der Waals surface area contributed by atoms with Crippen molar-refractivity contribution in [1.82, 2.24) is 9.55 Å². The maximum Gasteiger partial charge on any atom is 0.0994 e. The summed E-state index contributed by atoms with van der Waals surface area (Å²) in [6.07, 6.45) is 3.64. The molecule has 0 unspecified atom stereocenters. The second-order valence-corrected chi connectivity index (χ2v) is 5.14. The van der Waals surface area contributed by atoms with Crippen LogP contribution in [0.15, 0.2) is 30.7 Å². The first-order valence-corrected chi connectivity index (χ1v) is 5.79. The summed E-state index contributed by atoms with van der Waals surface area (Å²) < 4.78 is 2.05. The summed E-state index contributed by atoms with van der Waals surface area (Å²) in [4.78, 5) is 4.20. The second kappa shape index (κ2) is 4.00. The van der Waals surface area contributed by atoms with E-state index in [1.165, 1.54) is 11.1 Å². The van der Waals surface area contributed by atoms with Crippen LogP contribution in [-0.4, -0.2) is 9.55 Å². The van der Waals surface area contributed by atoms with Crippen molar-refractivity contribution in [2.24, 2.45) is 5.73 Å². The number of hydrogen-bond donors (Lipinski definition) is 1. The molecule has 17 heavy (non-hydrogen) atoms. The molecule has 1 aromatic heterocycles. The number of hydrogen-bond acceptors (Lipinski definition) is 2. The topological polar surface area (TPSA) is 43.8 Å². The summed E-state index contributed by atoms with van der Waals surface area (Å²) in [5, 5.41) is 0. The zero-order valence-electron chi connectivity index (χ0n) is 10.9. The third-order valence-electron chi connectivity index (χ3n) is 3.07. The molecule has 0 atom stereocenters. The standard InChI is InChI=1S/C14H19N3/c1-10-5-6-12(7-11(10)2)17-9-16-8-13(17)14(3,4)15/h5-9H,15H2,1-4H3. The highest BCUT2D eigenvalue weighted by molar-refractivity contribution is 5.41. The highest BCUT2D eigenvalue weighted by atomic mass is 15.1. The highest BCUT2D eigenvalue weighted by Crippen LogP contribution is 2.21. The van der Waals surface area contributed by atoms with Crippen molar-refractivity contribution in [3.05, 3.63) is 47.5 Å². The fraction of sp³-hybridized carbons (Fsp3) is 0.357. The summed E-state index contributed by atoms with van der Waals surface area (Å²) in [6.45, 7) is 8.20. The van der Waals surface area contributed by atoms with E-state index in [0.29, 0.717) is 0 Å². The van der Waals surface area contributed by atoms with E-state index in [1.807, 2.05) is 30.9 Å². The average molecular weight is 229 g/mol. The molecule has 0 radical (unpaired) electrons. The number of imidazole rings is 1. The van der Waals surface area contributed by atoms with E-state index in [1.54, 1.807) is 0 Å². The van der Waals surface area contributed by atoms with Crippen LogP contribution in [0.2, 0.25) is 0 Å². The van der Waals surface area contributed by atoms with Crippen molar-refractivity contribution in [1.29, 1.82) is 0 Å². The summed E-state index contributed by atoms with van der Waals surface area (Å²) in [7, 11) is 0. The zero-order valence-corrected chi connectivity index (χ0v) is 10.9. The molecule has 0 aliphatic rings. The Labute approximate surface area is 102 Å². The van der Waals surface area contributed by atoms with Gasteiger partial charge in [0.25, 0.3) is 0 Å². The Morgan fingerprint density at radius 3 is 2.47 bits per heavy atom. The average Bonchev–Trinajstić information content (AvgIpc) is 2.70. The maximum absolute atomic E-state index is 6.15. The highest BCUT2D eigenvalue weighted by Gasteiger charge is 2.19. The lowest BCUT2D eigenvalue weighted by molar-refractivity contribution is 0.524. The van der Waals surface area contributed by atoms with Gasteiger partial charge in [0.2, 0.25) is 0 Å². The van der Waals surface area contributed by atoms with E-state index in [-0.39, 0.29) is 0 Å². The van der Waals surface area contributed by atoms with Gasteiger partial charge < -0.3 is 10.3 Å². The minimum atomic E-state index is -0.394. The van der Waals surface area contributed by atoms with Crippen molar-refractivity contribution in [3.63, 3.8) is 0 Å². The van der Waals surface area contributed by atoms with Crippen molar-refractivity contribution in [2.45, 2.75) is 33.2 Å². The Morgan fingerprint density at radius 2 is 1.88 bits per heavy atom. The van der Waals surface area contributed by atoms with Gasteiger partial charge in [-0.05, 0) is 51.0 Å². The molecule has 3 heteroatoms. The van der Waals surface area contributed by atoms with Gasteiger partial charge in [-0.2, -0.15) is 0 Å². The Kier molecular flexibility index (Phi) is 2.79. The van der Waals surface area contributed by atoms with Crippen molar-refractivity contribution < 1.29 is 0 Å². The molecular weight excluding hydrogens is 210 g/mol. The van der Waals surface area contributed by atoms with Gasteiger partial charge in [-0.25, -0.2) is 4.98 Å². The molecule has 3 nitrogen and oxygen atoms in total. The number of aryl methyl sites for hydroxylation is 2. The number of benzene rings is 1. The van der Waals surface area contributed by atoms with Crippen LogP contribution in [0.5, 0.6) is 0 Å². The Hall–Kier alpha value is -1.61. The molecule has 2 rings (SSSR count). The Bertz CT molecular complexity index is 533. The third kappa shape index (κ3) is 2.24. The molecule has 1 heterocycles. The van der Waals surface area contributed by atoms with Gasteiger partial charge in [-0.15, -0.1) is 0 Å². The summed E-state index contributed by atoms with van der Waals surface area (Å²) in [5.41, 5.74) is 10.4. The maximum atomic E-state index is 6.15. The summed E-state index contributed by atoms with van der Waals surface area (Å²) in [6, 6.07) is 6.38. The SMILES string of the molecule is Cc1ccc(-n2cncc2C(C)(C)N)cc1C. The minimum absolute atomic E-state index is 0.394. The van der Waals surface area contributed by atoms with Crippen LogP contribution in [0.25, 0.3) is 5.69 Å². The van der Waals surface area contributed by atoms with Crippen LogP contribution in [0.4, 0.5) is 0 Å². The molecule has 0 fully saturated rings. The second-order valence-electron chi connectivity index (χ2n) is 5.14. The molecule has 0 aliphatic carbocycles. The quantitative estimate of drug-likeness (QED) is 0.860. The predicted molar refractivity (Wildman–Crippen MR) is 70.3 cm³/mol. The van der Waals surface area contributed by atoms with Gasteiger partial charge in [0, 0.05) is 5.69 Å². The first kappa shape index (κ1) is 11.9. The first-order chi connectivity index (χ1) is 7.89. The number of nitrogens with two attached hydrogens (primary N) is 1. The molecule has 90 valence electrons. The van der Waals surface area contributed by atoms with Crippen LogP contribution in [0, 0.1) is 13.8 Å². The smallest absolute Gasteiger partial charge is 0.0994 e. The van der Waals surface area contributed by atoms with E-state index in [0.717, 1.165) is 11.4 Å². The van der Waals surface area contributed by atoms with E-state index in [2.05, 4.69) is 37.0 Å². The van der Waals surface area contributed by atoms with Gasteiger partial charge in [-0.1, -0.05) is 6.07 Å². The summed E-state index contributed by atoms with van der Waals surface area (Å²) >= 11 is 0. The molecule has 2 aromatic rings. The van der Waals surface area contributed by atoms with Gasteiger partial charge >= 0.3 is 0 Å². The summed E-state index contributed by atoms with van der Waals surface area (Å²) in [5.74, 6) is 0. The molecule has 0 amide bonds. The lowest BCUT2D eigenvalue weighted by Gasteiger charge is -2.21. The fourth-order valence-corrected chi connectivity index (χ4v) is 1.85. The van der Waals surface area contributed by atoms with E-state index < -0.39 is 5.54 Å². The number of nitrogens with zero attached hydrogens (tertiary/aromatic N) is 2. The Balaban J connectivity index is 2.54. The first-order valence-electron chi connectivity index (χ1n) is 5.79. The lowest BCUT2D eigenvalue weighted by atomic mass is 10.0. The van der Waals surface area contributed by atoms with Gasteiger partial charge in [0.15, 0.2) is 0 Å². The van der Waals surface area contributed by atoms with E-state index in [9.17, 15) is 0 Å². The molecule has 2 N–H and O–H groups in total. The van der Waals surface area contributed by atoms with Gasteiger partial charge in [0.1, 0.15) is 0 Å². The zero-order chi connectivity index (χ0) is 12.6. The van der Waals surface area contributed by atoms with Gasteiger partial charge in [-0.3, -0.25) is 0 Å². The van der Waals surface area contributed by atoms with Crippen LogP contribution in [0.1, 0.15) is 30.7 Å². The van der Waals surface area contributed by atoms with Gasteiger partial charge in [0.05, 0.1) is 23.8 Å². The fourth-order valence-electron chi connectivity index (χ4n) is 1.85. The van der Waals surface area contributed by atoms with Crippen LogP contribution >= 0.6 is 0 Å². The molecule has 0 bridgehead atoms. The van der Waals surface area contributed by atoms with Crippen LogP contribution in [-0.2, 0) is 5.54 Å². The lowest BCUT2D eigenvalue weighted by Crippen LogP contribution is -2.31. The van der Waals surface area contributed by atoms with Crippen molar-refractivity contribution in [3.8, 4) is 5.69 Å². The largest absolute Gasteiger partial charge is 0.321 e. The minimum Gasteiger partial charge on any atom is -0.321 e.